The molecule has 0 saturated carbocycles. The molecule has 0 bridgehead atoms. The molecule has 0 radical (unpaired) electrons. The van der Waals surface area contributed by atoms with Crippen molar-refractivity contribution in [2.45, 2.75) is 13.8 Å². The van der Waals surface area contributed by atoms with Crippen molar-refractivity contribution in [2.75, 3.05) is 11.9 Å². The quantitative estimate of drug-likeness (QED) is 0.681. The maximum Gasteiger partial charge on any atom is 0.356 e. The topological polar surface area (TPSA) is 84.1 Å². The predicted octanol–water partition coefficient (Wildman–Crippen LogP) is 4.15. The van der Waals surface area contributed by atoms with Gasteiger partial charge < -0.3 is 10.1 Å². The lowest BCUT2D eigenvalue weighted by atomic mass is 10.0. The molecule has 28 heavy (non-hydrogen) atoms. The van der Waals surface area contributed by atoms with Crippen LogP contribution in [0.4, 0.5) is 5.82 Å². The van der Waals surface area contributed by atoms with Gasteiger partial charge >= 0.3 is 5.97 Å². The van der Waals surface area contributed by atoms with Gasteiger partial charge in [-0.2, -0.15) is 5.26 Å². The van der Waals surface area contributed by atoms with Gasteiger partial charge in [-0.1, -0.05) is 48.5 Å². The molecule has 1 aromatic heterocycles. The van der Waals surface area contributed by atoms with E-state index in [2.05, 4.69) is 11.4 Å². The number of carbonyl (C=O) groups is 2. The molecule has 0 unspecified atom stereocenters. The fraction of sp³-hybridized carbons (Fsp3) is 0.136. The summed E-state index contributed by atoms with van der Waals surface area (Å²) >= 11 is 0. The molecule has 6 heteroatoms. The van der Waals surface area contributed by atoms with Crippen LogP contribution in [0.15, 0.2) is 60.7 Å². The number of ether oxygens (including phenoxy) is 1. The number of hydrogen-bond donors (Lipinski definition) is 1. The first-order valence-electron chi connectivity index (χ1n) is 8.82. The summed E-state index contributed by atoms with van der Waals surface area (Å²) in [5, 5.41) is 12.6. The van der Waals surface area contributed by atoms with Gasteiger partial charge in [-0.05, 0) is 24.6 Å². The highest BCUT2D eigenvalue weighted by Crippen LogP contribution is 2.38. The summed E-state index contributed by atoms with van der Waals surface area (Å²) in [6.07, 6.45) is 0. The van der Waals surface area contributed by atoms with Gasteiger partial charge in [0, 0.05) is 18.2 Å². The van der Waals surface area contributed by atoms with Gasteiger partial charge in [-0.15, -0.1) is 0 Å². The van der Waals surface area contributed by atoms with Gasteiger partial charge in [-0.3, -0.25) is 9.36 Å². The lowest BCUT2D eigenvalue weighted by molar-refractivity contribution is -0.114. The Morgan fingerprint density at radius 3 is 2.21 bits per heavy atom. The Morgan fingerprint density at radius 2 is 1.68 bits per heavy atom. The van der Waals surface area contributed by atoms with Crippen LogP contribution >= 0.6 is 0 Å². The Kier molecular flexibility index (Phi) is 5.56. The van der Waals surface area contributed by atoms with Crippen molar-refractivity contribution in [2.24, 2.45) is 0 Å². The summed E-state index contributed by atoms with van der Waals surface area (Å²) in [6.45, 7) is 3.26. The van der Waals surface area contributed by atoms with E-state index in [1.54, 1.807) is 23.6 Å². The summed E-state index contributed by atoms with van der Waals surface area (Å²) in [7, 11) is 0. The van der Waals surface area contributed by atoms with E-state index in [-0.39, 0.29) is 29.6 Å². The predicted molar refractivity (Wildman–Crippen MR) is 106 cm³/mol. The van der Waals surface area contributed by atoms with Crippen LogP contribution in [0.1, 0.15) is 29.9 Å². The number of rotatable bonds is 5. The average molecular weight is 373 g/mol. The maximum atomic E-state index is 12.9. The second-order valence-electron chi connectivity index (χ2n) is 6.00. The van der Waals surface area contributed by atoms with Gasteiger partial charge in [0.15, 0.2) is 0 Å². The number of aromatic nitrogens is 1. The molecule has 3 rings (SSSR count). The molecule has 1 N–H and O–H groups in total. The highest BCUT2D eigenvalue weighted by Gasteiger charge is 2.30. The second-order valence-corrected chi connectivity index (χ2v) is 6.00. The van der Waals surface area contributed by atoms with Crippen LogP contribution in [0.2, 0.25) is 0 Å². The molecule has 0 saturated heterocycles. The largest absolute Gasteiger partial charge is 0.461 e. The molecule has 140 valence electrons. The van der Waals surface area contributed by atoms with Crippen molar-refractivity contribution >= 4 is 17.7 Å². The van der Waals surface area contributed by atoms with Crippen LogP contribution in [-0.4, -0.2) is 23.1 Å². The van der Waals surface area contributed by atoms with Crippen LogP contribution in [0.5, 0.6) is 0 Å². The van der Waals surface area contributed by atoms with Crippen molar-refractivity contribution in [3.63, 3.8) is 0 Å². The van der Waals surface area contributed by atoms with E-state index in [1.807, 2.05) is 48.5 Å². The van der Waals surface area contributed by atoms with E-state index in [4.69, 9.17) is 4.74 Å². The number of amides is 1. The minimum absolute atomic E-state index is 0.185. The molecule has 2 aromatic carbocycles. The zero-order valence-corrected chi connectivity index (χ0v) is 15.6. The molecule has 3 aromatic rings. The Balaban J connectivity index is 2.45. The first-order chi connectivity index (χ1) is 13.6. The molecule has 0 atom stereocenters. The van der Waals surface area contributed by atoms with Crippen LogP contribution in [-0.2, 0) is 9.53 Å². The fourth-order valence-electron chi connectivity index (χ4n) is 3.08. The summed E-state index contributed by atoms with van der Waals surface area (Å²) in [5.41, 5.74) is 2.14. The zero-order valence-electron chi connectivity index (χ0n) is 15.6. The first-order valence-corrected chi connectivity index (χ1v) is 8.82. The van der Waals surface area contributed by atoms with E-state index in [0.29, 0.717) is 16.8 Å². The van der Waals surface area contributed by atoms with Crippen molar-refractivity contribution in [1.82, 2.24) is 4.57 Å². The Bertz CT molecular complexity index is 1050. The number of anilines is 1. The van der Waals surface area contributed by atoms with E-state index >= 15 is 0 Å². The minimum atomic E-state index is -0.571. The first kappa shape index (κ1) is 18.9. The summed E-state index contributed by atoms with van der Waals surface area (Å²) < 4.78 is 6.86. The highest BCUT2D eigenvalue weighted by atomic mass is 16.5. The second kappa shape index (κ2) is 8.23. The molecular formula is C22H19N3O3. The number of benzene rings is 2. The smallest absolute Gasteiger partial charge is 0.356 e. The Morgan fingerprint density at radius 1 is 1.07 bits per heavy atom. The third-order valence-electron chi connectivity index (χ3n) is 4.12. The SMILES string of the molecule is CCOC(=O)c1c(-c2ccccc2)c(C#N)c(NC(C)=O)n1-c1ccccc1. The van der Waals surface area contributed by atoms with Crippen LogP contribution in [0.25, 0.3) is 16.8 Å². The molecule has 0 aliphatic rings. The average Bonchev–Trinajstić information content (AvgIpc) is 3.03. The van der Waals surface area contributed by atoms with Crippen molar-refractivity contribution in [1.29, 1.82) is 5.26 Å². The van der Waals surface area contributed by atoms with E-state index in [9.17, 15) is 14.9 Å². The number of nitrogens with zero attached hydrogens (tertiary/aromatic N) is 2. The molecule has 6 nitrogen and oxygen atoms in total. The zero-order chi connectivity index (χ0) is 20.1. The third kappa shape index (κ3) is 3.51. The monoisotopic (exact) mass is 373 g/mol. The Labute approximate surface area is 163 Å². The van der Waals surface area contributed by atoms with Gasteiger partial charge in [0.2, 0.25) is 5.91 Å². The van der Waals surface area contributed by atoms with E-state index in [1.165, 1.54) is 6.92 Å². The lowest BCUT2D eigenvalue weighted by Crippen LogP contribution is -2.16. The molecule has 0 aliphatic carbocycles. The molecule has 1 heterocycles. The van der Waals surface area contributed by atoms with Crippen LogP contribution in [0, 0.1) is 11.3 Å². The number of nitrogens with one attached hydrogen (secondary N) is 1. The molecule has 0 fully saturated rings. The third-order valence-corrected chi connectivity index (χ3v) is 4.12. The number of para-hydroxylation sites is 1. The van der Waals surface area contributed by atoms with Crippen LogP contribution < -0.4 is 5.32 Å². The van der Waals surface area contributed by atoms with Crippen molar-refractivity contribution < 1.29 is 14.3 Å². The fourth-order valence-corrected chi connectivity index (χ4v) is 3.08. The summed E-state index contributed by atoms with van der Waals surface area (Å²) in [4.78, 5) is 24.8. The van der Waals surface area contributed by atoms with Crippen molar-refractivity contribution in [3.05, 3.63) is 71.9 Å². The van der Waals surface area contributed by atoms with Crippen molar-refractivity contribution in [3.8, 4) is 22.9 Å². The van der Waals surface area contributed by atoms with Gasteiger partial charge in [0.1, 0.15) is 23.1 Å². The number of nitriles is 1. The maximum absolute atomic E-state index is 12.9. The molecule has 1 amide bonds. The van der Waals surface area contributed by atoms with Gasteiger partial charge in [0.25, 0.3) is 0 Å². The number of esters is 1. The summed E-state index contributed by atoms with van der Waals surface area (Å²) in [5.74, 6) is -0.678. The van der Waals surface area contributed by atoms with E-state index < -0.39 is 5.97 Å². The number of carbonyl (C=O) groups excluding carboxylic acids is 2. The van der Waals surface area contributed by atoms with Gasteiger partial charge in [0.05, 0.1) is 6.61 Å². The minimum Gasteiger partial charge on any atom is -0.461 e. The number of hydrogen-bond acceptors (Lipinski definition) is 4. The van der Waals surface area contributed by atoms with Crippen LogP contribution in [0.3, 0.4) is 0 Å². The molecule has 0 spiro atoms. The highest BCUT2D eigenvalue weighted by molar-refractivity contribution is 6.03. The molecular weight excluding hydrogens is 354 g/mol. The standard InChI is InChI=1S/C22H19N3O3/c1-3-28-22(27)20-19(16-10-6-4-7-11-16)18(14-23)21(24-15(2)26)25(20)17-12-8-5-9-13-17/h4-13H,3H2,1-2H3,(H,24,26). The summed E-state index contributed by atoms with van der Waals surface area (Å²) in [6, 6.07) is 20.3. The van der Waals surface area contributed by atoms with E-state index in [0.717, 1.165) is 0 Å². The molecule has 0 aliphatic heterocycles. The van der Waals surface area contributed by atoms with Gasteiger partial charge in [-0.25, -0.2) is 4.79 Å². The Hall–Kier alpha value is -3.85. The lowest BCUT2D eigenvalue weighted by Gasteiger charge is -2.13. The normalized spacial score (nSPS) is 10.2.